The van der Waals surface area contributed by atoms with E-state index in [2.05, 4.69) is 51.8 Å². The van der Waals surface area contributed by atoms with E-state index in [9.17, 15) is 0 Å². The fraction of sp³-hybridized carbons (Fsp3) is 0.812. The van der Waals surface area contributed by atoms with Gasteiger partial charge in [0.2, 0.25) is 0 Å². The largest absolute Gasteiger partial charge is 0.311 e. The van der Waals surface area contributed by atoms with Gasteiger partial charge in [0, 0.05) is 19.6 Å². The highest BCUT2D eigenvalue weighted by molar-refractivity contribution is 9.10. The van der Waals surface area contributed by atoms with E-state index in [0.29, 0.717) is 5.41 Å². The van der Waals surface area contributed by atoms with Gasteiger partial charge in [-0.15, -0.1) is 0 Å². The first-order valence-corrected chi connectivity index (χ1v) is 8.83. The van der Waals surface area contributed by atoms with E-state index in [0.717, 1.165) is 26.1 Å². The summed E-state index contributed by atoms with van der Waals surface area (Å²) in [5.41, 5.74) is 2.96. The predicted octanol–water partition coefficient (Wildman–Crippen LogP) is 4.29. The molecule has 0 amide bonds. The molecule has 0 aromatic carbocycles. The van der Waals surface area contributed by atoms with Gasteiger partial charge >= 0.3 is 0 Å². The molecule has 1 fully saturated rings. The van der Waals surface area contributed by atoms with Crippen LogP contribution in [0.5, 0.6) is 0 Å². The molecule has 3 nitrogen and oxygen atoms in total. The Balaban J connectivity index is 1.95. The van der Waals surface area contributed by atoms with Crippen molar-refractivity contribution < 1.29 is 0 Å². The van der Waals surface area contributed by atoms with Crippen molar-refractivity contribution in [3.63, 3.8) is 0 Å². The maximum Gasteiger partial charge on any atom is 0.0767 e. The van der Waals surface area contributed by atoms with E-state index in [1.165, 1.54) is 48.0 Å². The zero-order valence-corrected chi connectivity index (χ0v) is 14.7. The number of halogens is 1. The average Bonchev–Trinajstić information content (AvgIpc) is 2.76. The van der Waals surface area contributed by atoms with Crippen LogP contribution in [0.15, 0.2) is 4.47 Å². The molecule has 20 heavy (non-hydrogen) atoms. The molecule has 0 atom stereocenters. The van der Waals surface area contributed by atoms with Crippen molar-refractivity contribution in [2.24, 2.45) is 5.41 Å². The van der Waals surface area contributed by atoms with Crippen LogP contribution >= 0.6 is 15.9 Å². The molecule has 1 aromatic heterocycles. The van der Waals surface area contributed by atoms with Crippen molar-refractivity contribution in [3.8, 4) is 0 Å². The van der Waals surface area contributed by atoms with Gasteiger partial charge in [-0.3, -0.25) is 4.68 Å². The fourth-order valence-corrected chi connectivity index (χ4v) is 3.96. The van der Waals surface area contributed by atoms with Gasteiger partial charge in [0.15, 0.2) is 0 Å². The summed E-state index contributed by atoms with van der Waals surface area (Å²) in [5.74, 6) is 0. The predicted molar refractivity (Wildman–Crippen MR) is 87.9 cm³/mol. The maximum absolute atomic E-state index is 4.66. The first-order chi connectivity index (χ1) is 9.59. The molecule has 0 saturated heterocycles. The number of nitrogens with zero attached hydrogens (tertiary/aromatic N) is 2. The minimum Gasteiger partial charge on any atom is -0.311 e. The molecule has 0 spiro atoms. The number of aromatic nitrogens is 2. The van der Waals surface area contributed by atoms with E-state index in [1.54, 1.807) is 0 Å². The second kappa shape index (κ2) is 7.08. The standard InChI is InChI=1S/C16H28BrN3/c1-4-13-15(17)14(20(5-2)19-13)11-18-12-16(3)9-7-6-8-10-16/h18H,4-12H2,1-3H3. The SMILES string of the molecule is CCc1nn(CC)c(CNCC2(C)CCCCC2)c1Br. The summed E-state index contributed by atoms with van der Waals surface area (Å²) >= 11 is 3.72. The molecular weight excluding hydrogens is 314 g/mol. The Bertz CT molecular complexity index is 433. The monoisotopic (exact) mass is 341 g/mol. The minimum absolute atomic E-state index is 0.495. The second-order valence-electron chi connectivity index (χ2n) is 6.35. The van der Waals surface area contributed by atoms with E-state index in [1.807, 2.05) is 0 Å². The molecule has 4 heteroatoms. The van der Waals surface area contributed by atoms with Crippen LogP contribution in [0.1, 0.15) is 64.3 Å². The van der Waals surface area contributed by atoms with Gasteiger partial charge < -0.3 is 5.32 Å². The highest BCUT2D eigenvalue weighted by Crippen LogP contribution is 2.35. The number of aryl methyl sites for hydroxylation is 2. The number of hydrogen-bond donors (Lipinski definition) is 1. The van der Waals surface area contributed by atoms with Crippen LogP contribution in [0.25, 0.3) is 0 Å². The Morgan fingerprint density at radius 2 is 1.95 bits per heavy atom. The lowest BCUT2D eigenvalue weighted by molar-refractivity contribution is 0.207. The number of hydrogen-bond acceptors (Lipinski definition) is 2. The van der Waals surface area contributed by atoms with Crippen LogP contribution in [-0.2, 0) is 19.5 Å². The van der Waals surface area contributed by atoms with Gasteiger partial charge in [0.25, 0.3) is 0 Å². The summed E-state index contributed by atoms with van der Waals surface area (Å²) in [6.45, 7) is 9.72. The van der Waals surface area contributed by atoms with Crippen LogP contribution in [0.3, 0.4) is 0 Å². The summed E-state index contributed by atoms with van der Waals surface area (Å²) in [7, 11) is 0. The lowest BCUT2D eigenvalue weighted by atomic mass is 9.76. The van der Waals surface area contributed by atoms with Crippen LogP contribution in [0, 0.1) is 5.41 Å². The van der Waals surface area contributed by atoms with Crippen LogP contribution < -0.4 is 5.32 Å². The third-order valence-electron chi connectivity index (χ3n) is 4.60. The first-order valence-electron chi connectivity index (χ1n) is 8.04. The maximum atomic E-state index is 4.66. The highest BCUT2D eigenvalue weighted by Gasteiger charge is 2.26. The molecule has 1 aliphatic rings. The topological polar surface area (TPSA) is 29.9 Å². The highest BCUT2D eigenvalue weighted by atomic mass is 79.9. The summed E-state index contributed by atoms with van der Waals surface area (Å²) < 4.78 is 3.32. The molecule has 0 bridgehead atoms. The Labute approximate surface area is 131 Å². The first kappa shape index (κ1) is 16.0. The zero-order chi connectivity index (χ0) is 14.6. The molecule has 2 rings (SSSR count). The van der Waals surface area contributed by atoms with Gasteiger partial charge in [-0.05, 0) is 47.5 Å². The van der Waals surface area contributed by atoms with Crippen molar-refractivity contribution in [2.75, 3.05) is 6.54 Å². The molecule has 0 unspecified atom stereocenters. The van der Waals surface area contributed by atoms with Crippen molar-refractivity contribution in [3.05, 3.63) is 15.9 Å². The lowest BCUT2D eigenvalue weighted by Gasteiger charge is -2.33. The molecule has 1 heterocycles. The normalized spacial score (nSPS) is 18.4. The van der Waals surface area contributed by atoms with Gasteiger partial charge in [0.05, 0.1) is 15.9 Å². The molecule has 0 radical (unpaired) electrons. The molecule has 1 N–H and O–H groups in total. The van der Waals surface area contributed by atoms with Crippen LogP contribution in [-0.4, -0.2) is 16.3 Å². The van der Waals surface area contributed by atoms with E-state index < -0.39 is 0 Å². The average molecular weight is 342 g/mol. The Morgan fingerprint density at radius 1 is 1.25 bits per heavy atom. The molecule has 114 valence electrons. The molecule has 1 aliphatic carbocycles. The van der Waals surface area contributed by atoms with Crippen molar-refractivity contribution >= 4 is 15.9 Å². The van der Waals surface area contributed by atoms with Crippen molar-refractivity contribution in [2.45, 2.75) is 72.4 Å². The van der Waals surface area contributed by atoms with Gasteiger partial charge in [-0.1, -0.05) is 33.1 Å². The minimum atomic E-state index is 0.495. The summed E-state index contributed by atoms with van der Waals surface area (Å²) in [6, 6.07) is 0. The third kappa shape index (κ3) is 3.64. The summed E-state index contributed by atoms with van der Waals surface area (Å²) in [5, 5.41) is 8.33. The molecular formula is C16H28BrN3. The Morgan fingerprint density at radius 3 is 2.55 bits per heavy atom. The van der Waals surface area contributed by atoms with E-state index >= 15 is 0 Å². The molecule has 0 aliphatic heterocycles. The van der Waals surface area contributed by atoms with E-state index in [-0.39, 0.29) is 0 Å². The van der Waals surface area contributed by atoms with Crippen molar-refractivity contribution in [1.29, 1.82) is 0 Å². The second-order valence-corrected chi connectivity index (χ2v) is 7.14. The molecule has 1 saturated carbocycles. The number of nitrogens with one attached hydrogen (secondary N) is 1. The quantitative estimate of drug-likeness (QED) is 0.836. The summed E-state index contributed by atoms with van der Waals surface area (Å²) in [4.78, 5) is 0. The van der Waals surface area contributed by atoms with Crippen LogP contribution in [0.2, 0.25) is 0 Å². The fourth-order valence-electron chi connectivity index (χ4n) is 3.25. The Kier molecular flexibility index (Phi) is 5.67. The van der Waals surface area contributed by atoms with Crippen LogP contribution in [0.4, 0.5) is 0 Å². The molecule has 1 aromatic rings. The summed E-state index contributed by atoms with van der Waals surface area (Å²) in [6.07, 6.45) is 7.94. The Hall–Kier alpha value is -0.350. The van der Waals surface area contributed by atoms with Crippen molar-refractivity contribution in [1.82, 2.24) is 15.1 Å². The third-order valence-corrected chi connectivity index (χ3v) is 5.51. The zero-order valence-electron chi connectivity index (χ0n) is 13.1. The smallest absolute Gasteiger partial charge is 0.0767 e. The van der Waals surface area contributed by atoms with Gasteiger partial charge in [-0.25, -0.2) is 0 Å². The lowest BCUT2D eigenvalue weighted by Crippen LogP contribution is -2.33. The van der Waals surface area contributed by atoms with Gasteiger partial charge in [0.1, 0.15) is 0 Å². The van der Waals surface area contributed by atoms with Gasteiger partial charge in [-0.2, -0.15) is 5.10 Å². The van der Waals surface area contributed by atoms with E-state index in [4.69, 9.17) is 0 Å². The number of rotatable bonds is 6.